The average Bonchev–Trinajstić information content (AvgIpc) is 2.43. The molecule has 0 spiro atoms. The minimum atomic E-state index is 0.683. The first-order chi connectivity index (χ1) is 8.72. The molecular formula is C17H29N. The van der Waals surface area contributed by atoms with E-state index < -0.39 is 0 Å². The van der Waals surface area contributed by atoms with Crippen molar-refractivity contribution in [2.75, 3.05) is 11.4 Å². The van der Waals surface area contributed by atoms with Crippen LogP contribution in [-0.2, 0) is 0 Å². The van der Waals surface area contributed by atoms with Crippen molar-refractivity contribution in [3.8, 4) is 0 Å². The maximum atomic E-state index is 2.60. The molecule has 2 unspecified atom stereocenters. The van der Waals surface area contributed by atoms with Crippen LogP contribution in [0.3, 0.4) is 0 Å². The number of hydrogen-bond donors (Lipinski definition) is 0. The van der Waals surface area contributed by atoms with E-state index in [-0.39, 0.29) is 0 Å². The summed E-state index contributed by atoms with van der Waals surface area (Å²) < 4.78 is 0. The normalized spacial score (nSPS) is 14.2. The minimum absolute atomic E-state index is 0.683. The fourth-order valence-electron chi connectivity index (χ4n) is 2.53. The van der Waals surface area contributed by atoms with Gasteiger partial charge in [-0.15, -0.1) is 0 Å². The summed E-state index contributed by atoms with van der Waals surface area (Å²) in [5.74, 6) is 0.818. The third kappa shape index (κ3) is 4.36. The highest BCUT2D eigenvalue weighted by atomic mass is 15.2. The van der Waals surface area contributed by atoms with Gasteiger partial charge in [0.05, 0.1) is 0 Å². The van der Waals surface area contributed by atoms with E-state index in [9.17, 15) is 0 Å². The molecule has 1 nitrogen and oxygen atoms in total. The first-order valence-corrected chi connectivity index (χ1v) is 7.54. The van der Waals surface area contributed by atoms with Crippen molar-refractivity contribution in [2.24, 2.45) is 5.92 Å². The third-order valence-corrected chi connectivity index (χ3v) is 3.84. The van der Waals surface area contributed by atoms with Crippen molar-refractivity contribution in [1.82, 2.24) is 0 Å². The zero-order chi connectivity index (χ0) is 13.4. The number of rotatable bonds is 8. The van der Waals surface area contributed by atoms with Gasteiger partial charge in [-0.1, -0.05) is 52.3 Å². The summed E-state index contributed by atoms with van der Waals surface area (Å²) in [4.78, 5) is 2.60. The summed E-state index contributed by atoms with van der Waals surface area (Å²) in [7, 11) is 0. The molecule has 0 aromatic heterocycles. The molecule has 0 saturated carbocycles. The topological polar surface area (TPSA) is 3.24 Å². The molecule has 0 aliphatic heterocycles. The number of nitrogens with zero attached hydrogens (tertiary/aromatic N) is 1. The largest absolute Gasteiger partial charge is 0.369 e. The maximum absolute atomic E-state index is 2.60. The zero-order valence-corrected chi connectivity index (χ0v) is 12.5. The van der Waals surface area contributed by atoms with Crippen molar-refractivity contribution >= 4 is 5.69 Å². The Morgan fingerprint density at radius 2 is 1.67 bits per heavy atom. The lowest BCUT2D eigenvalue weighted by Gasteiger charge is -2.34. The van der Waals surface area contributed by atoms with Crippen LogP contribution in [0.4, 0.5) is 5.69 Å². The van der Waals surface area contributed by atoms with Gasteiger partial charge < -0.3 is 4.90 Å². The van der Waals surface area contributed by atoms with Crippen LogP contribution in [0.15, 0.2) is 30.3 Å². The van der Waals surface area contributed by atoms with Crippen LogP contribution in [0.25, 0.3) is 0 Å². The molecule has 0 fully saturated rings. The molecule has 0 radical (unpaired) electrons. The van der Waals surface area contributed by atoms with E-state index in [0.717, 1.165) is 5.92 Å². The van der Waals surface area contributed by atoms with E-state index >= 15 is 0 Å². The molecule has 0 saturated heterocycles. The highest BCUT2D eigenvalue weighted by molar-refractivity contribution is 5.47. The number of hydrogen-bond acceptors (Lipinski definition) is 1. The summed E-state index contributed by atoms with van der Waals surface area (Å²) in [6.07, 6.45) is 5.04. The lowest BCUT2D eigenvalue weighted by atomic mass is 9.96. The minimum Gasteiger partial charge on any atom is -0.369 e. The first-order valence-electron chi connectivity index (χ1n) is 7.54. The van der Waals surface area contributed by atoms with Gasteiger partial charge in [-0.2, -0.15) is 0 Å². The van der Waals surface area contributed by atoms with Crippen LogP contribution in [0.5, 0.6) is 0 Å². The molecule has 102 valence electrons. The molecule has 0 aliphatic carbocycles. The lowest BCUT2D eigenvalue weighted by Crippen LogP contribution is -2.36. The van der Waals surface area contributed by atoms with Crippen molar-refractivity contribution in [2.45, 2.75) is 59.4 Å². The van der Waals surface area contributed by atoms with E-state index in [1.807, 2.05) is 0 Å². The lowest BCUT2D eigenvalue weighted by molar-refractivity contribution is 0.421. The van der Waals surface area contributed by atoms with Gasteiger partial charge in [0.15, 0.2) is 0 Å². The standard InChI is InChI=1S/C17H29N/c1-5-13-18(17-11-9-8-10-12-17)16(7-3)14-15(4)6-2/h8-12,15-16H,5-7,13-14H2,1-4H3. The van der Waals surface area contributed by atoms with Crippen LogP contribution >= 0.6 is 0 Å². The molecular weight excluding hydrogens is 218 g/mol. The summed E-state index contributed by atoms with van der Waals surface area (Å²) in [5, 5.41) is 0. The highest BCUT2D eigenvalue weighted by Gasteiger charge is 2.18. The Labute approximate surface area is 113 Å². The maximum Gasteiger partial charge on any atom is 0.0368 e. The highest BCUT2D eigenvalue weighted by Crippen LogP contribution is 2.24. The summed E-state index contributed by atoms with van der Waals surface area (Å²) in [6, 6.07) is 11.6. The fourth-order valence-corrected chi connectivity index (χ4v) is 2.53. The van der Waals surface area contributed by atoms with Crippen LogP contribution in [0.2, 0.25) is 0 Å². The zero-order valence-electron chi connectivity index (χ0n) is 12.5. The predicted molar refractivity (Wildman–Crippen MR) is 82.2 cm³/mol. The van der Waals surface area contributed by atoms with Gasteiger partial charge in [-0.25, -0.2) is 0 Å². The van der Waals surface area contributed by atoms with Crippen molar-refractivity contribution in [1.29, 1.82) is 0 Å². The average molecular weight is 247 g/mol. The fraction of sp³-hybridized carbons (Fsp3) is 0.647. The predicted octanol–water partition coefficient (Wildman–Crippen LogP) is 5.12. The molecule has 0 N–H and O–H groups in total. The molecule has 1 aromatic rings. The summed E-state index contributed by atoms with van der Waals surface area (Å²) >= 11 is 0. The molecule has 1 heteroatoms. The Bertz CT molecular complexity index is 307. The van der Waals surface area contributed by atoms with E-state index in [2.05, 4.69) is 62.9 Å². The van der Waals surface area contributed by atoms with E-state index in [1.165, 1.54) is 37.9 Å². The van der Waals surface area contributed by atoms with Gasteiger partial charge >= 0.3 is 0 Å². The van der Waals surface area contributed by atoms with Crippen LogP contribution < -0.4 is 4.90 Å². The van der Waals surface area contributed by atoms with Crippen LogP contribution in [0.1, 0.15) is 53.4 Å². The molecule has 2 atom stereocenters. The Hall–Kier alpha value is -0.980. The third-order valence-electron chi connectivity index (χ3n) is 3.84. The Kier molecular flexibility index (Phi) is 6.85. The second kappa shape index (κ2) is 8.18. The van der Waals surface area contributed by atoms with Gasteiger partial charge in [-0.3, -0.25) is 0 Å². The smallest absolute Gasteiger partial charge is 0.0368 e. The monoisotopic (exact) mass is 247 g/mol. The first kappa shape index (κ1) is 15.1. The SMILES string of the molecule is CCCN(c1ccccc1)C(CC)CC(C)CC. The van der Waals surface area contributed by atoms with Gasteiger partial charge in [0, 0.05) is 18.3 Å². The molecule has 18 heavy (non-hydrogen) atoms. The van der Waals surface area contributed by atoms with E-state index in [4.69, 9.17) is 0 Å². The van der Waals surface area contributed by atoms with E-state index in [0.29, 0.717) is 6.04 Å². The molecule has 0 aliphatic rings. The quantitative estimate of drug-likeness (QED) is 0.616. The number of para-hydroxylation sites is 1. The summed E-state index contributed by atoms with van der Waals surface area (Å²) in [5.41, 5.74) is 1.38. The Morgan fingerprint density at radius 3 is 2.17 bits per heavy atom. The molecule has 0 amide bonds. The number of anilines is 1. The Balaban J connectivity index is 2.81. The Morgan fingerprint density at radius 1 is 1.00 bits per heavy atom. The molecule has 0 bridgehead atoms. The van der Waals surface area contributed by atoms with Gasteiger partial charge in [0.1, 0.15) is 0 Å². The van der Waals surface area contributed by atoms with Crippen LogP contribution in [-0.4, -0.2) is 12.6 Å². The van der Waals surface area contributed by atoms with Crippen molar-refractivity contribution < 1.29 is 0 Å². The van der Waals surface area contributed by atoms with Gasteiger partial charge in [0.2, 0.25) is 0 Å². The van der Waals surface area contributed by atoms with E-state index in [1.54, 1.807) is 0 Å². The van der Waals surface area contributed by atoms with Gasteiger partial charge in [-0.05, 0) is 37.3 Å². The van der Waals surface area contributed by atoms with Crippen molar-refractivity contribution in [3.05, 3.63) is 30.3 Å². The molecule has 0 heterocycles. The second-order valence-electron chi connectivity index (χ2n) is 5.34. The second-order valence-corrected chi connectivity index (χ2v) is 5.34. The van der Waals surface area contributed by atoms with Crippen molar-refractivity contribution in [3.63, 3.8) is 0 Å². The number of benzene rings is 1. The summed E-state index contributed by atoms with van der Waals surface area (Å²) in [6.45, 7) is 10.4. The molecule has 1 aromatic carbocycles. The molecule has 1 rings (SSSR count). The van der Waals surface area contributed by atoms with Crippen LogP contribution in [0, 0.1) is 5.92 Å². The van der Waals surface area contributed by atoms with Gasteiger partial charge in [0.25, 0.3) is 0 Å².